The van der Waals surface area contributed by atoms with Crippen LogP contribution >= 0.6 is 15.9 Å². The van der Waals surface area contributed by atoms with Gasteiger partial charge in [0.25, 0.3) is 0 Å². The molecule has 0 aliphatic heterocycles. The Balaban J connectivity index is 2.88. The van der Waals surface area contributed by atoms with Crippen LogP contribution in [0, 0.1) is 11.3 Å². The molecule has 68 valence electrons. The molecule has 0 spiro atoms. The second-order valence-corrected chi connectivity index (χ2v) is 3.70. The van der Waals surface area contributed by atoms with Gasteiger partial charge in [-0.3, -0.25) is 0 Å². The summed E-state index contributed by atoms with van der Waals surface area (Å²) in [5.41, 5.74) is 6.81. The average Bonchev–Trinajstić information content (AvgIpc) is 2.19. The van der Waals surface area contributed by atoms with Gasteiger partial charge in [0.15, 0.2) is 0 Å². The summed E-state index contributed by atoms with van der Waals surface area (Å²) in [7, 11) is 0. The number of hydrogen-bond acceptors (Lipinski definition) is 3. The van der Waals surface area contributed by atoms with Crippen molar-refractivity contribution in [2.45, 2.75) is 0 Å². The average molecular weight is 248 g/mol. The van der Waals surface area contributed by atoms with E-state index in [1.165, 1.54) is 0 Å². The highest BCUT2D eigenvalue weighted by atomic mass is 79.9. The third-order valence-electron chi connectivity index (χ3n) is 1.95. The summed E-state index contributed by atoms with van der Waals surface area (Å²) in [4.78, 5) is 4.15. The fourth-order valence-electron chi connectivity index (χ4n) is 1.27. The molecule has 0 aliphatic carbocycles. The maximum absolute atomic E-state index is 8.77. The number of rotatable bonds is 0. The minimum absolute atomic E-state index is 0.270. The van der Waals surface area contributed by atoms with Gasteiger partial charge in [0, 0.05) is 9.86 Å². The summed E-state index contributed by atoms with van der Waals surface area (Å²) in [5, 5.41) is 9.67. The Labute approximate surface area is 89.3 Å². The van der Waals surface area contributed by atoms with Crippen LogP contribution in [0.2, 0.25) is 0 Å². The third kappa shape index (κ3) is 1.32. The molecule has 1 heterocycles. The summed E-state index contributed by atoms with van der Waals surface area (Å²) >= 11 is 3.38. The van der Waals surface area contributed by atoms with Crippen LogP contribution in [0.1, 0.15) is 5.56 Å². The fourth-order valence-corrected chi connectivity index (χ4v) is 1.74. The lowest BCUT2D eigenvalue weighted by Crippen LogP contribution is -1.95. The minimum atomic E-state index is 0.270. The largest absolute Gasteiger partial charge is 0.383 e. The minimum Gasteiger partial charge on any atom is -0.383 e. The van der Waals surface area contributed by atoms with Gasteiger partial charge in [-0.15, -0.1) is 0 Å². The van der Waals surface area contributed by atoms with Gasteiger partial charge in [-0.2, -0.15) is 5.26 Å². The molecule has 1 aromatic carbocycles. The number of nitriles is 1. The number of fused-ring (bicyclic) bond motifs is 1. The van der Waals surface area contributed by atoms with Crippen molar-refractivity contribution in [1.29, 1.82) is 5.26 Å². The normalized spacial score (nSPS) is 10.0. The van der Waals surface area contributed by atoms with Crippen LogP contribution in [0.5, 0.6) is 0 Å². The molecule has 0 bridgehead atoms. The molecule has 2 aromatic rings. The van der Waals surface area contributed by atoms with Crippen LogP contribution in [-0.2, 0) is 0 Å². The van der Waals surface area contributed by atoms with Crippen LogP contribution in [0.3, 0.4) is 0 Å². The summed E-state index contributed by atoms with van der Waals surface area (Å²) in [5.74, 6) is 0.270. The van der Waals surface area contributed by atoms with Crippen molar-refractivity contribution >= 4 is 32.7 Å². The quantitative estimate of drug-likeness (QED) is 0.778. The molecule has 14 heavy (non-hydrogen) atoms. The van der Waals surface area contributed by atoms with E-state index < -0.39 is 0 Å². The molecule has 0 radical (unpaired) electrons. The van der Waals surface area contributed by atoms with E-state index in [2.05, 4.69) is 20.9 Å². The Morgan fingerprint density at radius 1 is 1.43 bits per heavy atom. The number of halogens is 1. The van der Waals surface area contributed by atoms with Gasteiger partial charge in [-0.25, -0.2) is 4.98 Å². The molecular weight excluding hydrogens is 242 g/mol. The lowest BCUT2D eigenvalue weighted by Gasteiger charge is -2.02. The van der Waals surface area contributed by atoms with Crippen molar-refractivity contribution in [3.05, 3.63) is 34.3 Å². The zero-order valence-corrected chi connectivity index (χ0v) is 8.75. The van der Waals surface area contributed by atoms with Gasteiger partial charge in [-0.05, 0) is 28.1 Å². The highest BCUT2D eigenvalue weighted by Crippen LogP contribution is 2.24. The van der Waals surface area contributed by atoms with E-state index in [1.54, 1.807) is 6.07 Å². The number of nitrogens with two attached hydrogens (primary N) is 1. The molecule has 0 saturated heterocycles. The Morgan fingerprint density at radius 3 is 2.93 bits per heavy atom. The fraction of sp³-hybridized carbons (Fsp3) is 0. The van der Waals surface area contributed by atoms with Gasteiger partial charge in [0.05, 0.1) is 11.1 Å². The molecule has 0 atom stereocenters. The highest BCUT2D eigenvalue weighted by Gasteiger charge is 2.04. The first-order valence-corrected chi connectivity index (χ1v) is 4.76. The molecule has 0 fully saturated rings. The maximum Gasteiger partial charge on any atom is 0.142 e. The standard InChI is InChI=1S/C10H6BrN3/c11-8-3-1-2-6-4-7(5-12)10(13)14-9(6)8/h1-4H,(H2,13,14). The van der Waals surface area contributed by atoms with Gasteiger partial charge >= 0.3 is 0 Å². The van der Waals surface area contributed by atoms with Crippen molar-refractivity contribution in [3.63, 3.8) is 0 Å². The van der Waals surface area contributed by atoms with Crippen molar-refractivity contribution in [3.8, 4) is 6.07 Å². The number of aromatic nitrogens is 1. The molecule has 0 unspecified atom stereocenters. The number of nitrogen functional groups attached to an aromatic ring is 1. The van der Waals surface area contributed by atoms with Gasteiger partial charge < -0.3 is 5.73 Å². The first-order valence-electron chi connectivity index (χ1n) is 3.97. The summed E-state index contributed by atoms with van der Waals surface area (Å²) < 4.78 is 0.881. The van der Waals surface area contributed by atoms with Crippen molar-refractivity contribution in [2.75, 3.05) is 5.73 Å². The van der Waals surface area contributed by atoms with Crippen molar-refractivity contribution in [1.82, 2.24) is 4.98 Å². The predicted molar refractivity (Wildman–Crippen MR) is 58.6 cm³/mol. The molecule has 0 aliphatic rings. The van der Waals surface area contributed by atoms with E-state index in [9.17, 15) is 0 Å². The van der Waals surface area contributed by atoms with Gasteiger partial charge in [-0.1, -0.05) is 12.1 Å². The number of benzene rings is 1. The topological polar surface area (TPSA) is 62.7 Å². The molecule has 4 heteroatoms. The Kier molecular flexibility index (Phi) is 2.10. The maximum atomic E-state index is 8.77. The van der Waals surface area contributed by atoms with E-state index >= 15 is 0 Å². The van der Waals surface area contributed by atoms with Crippen LogP contribution in [-0.4, -0.2) is 4.98 Å². The zero-order valence-electron chi connectivity index (χ0n) is 7.16. The van der Waals surface area contributed by atoms with Crippen LogP contribution < -0.4 is 5.73 Å². The molecule has 2 N–H and O–H groups in total. The zero-order chi connectivity index (χ0) is 10.1. The number of nitrogens with zero attached hydrogens (tertiary/aromatic N) is 2. The second kappa shape index (κ2) is 3.28. The molecule has 0 amide bonds. The van der Waals surface area contributed by atoms with Crippen LogP contribution in [0.4, 0.5) is 5.82 Å². The van der Waals surface area contributed by atoms with E-state index in [1.807, 2.05) is 24.3 Å². The van der Waals surface area contributed by atoms with E-state index in [4.69, 9.17) is 11.0 Å². The van der Waals surface area contributed by atoms with Gasteiger partial charge in [0.2, 0.25) is 0 Å². The lowest BCUT2D eigenvalue weighted by molar-refractivity contribution is 1.37. The molecule has 2 rings (SSSR count). The smallest absolute Gasteiger partial charge is 0.142 e. The molecular formula is C10H6BrN3. The number of anilines is 1. The van der Waals surface area contributed by atoms with Crippen LogP contribution in [0.15, 0.2) is 28.7 Å². The second-order valence-electron chi connectivity index (χ2n) is 2.84. The molecule has 1 aromatic heterocycles. The van der Waals surface area contributed by atoms with Gasteiger partial charge in [0.1, 0.15) is 11.9 Å². The SMILES string of the molecule is N#Cc1cc2cccc(Br)c2nc1N. The summed E-state index contributed by atoms with van der Waals surface area (Å²) in [6, 6.07) is 9.42. The molecule has 0 saturated carbocycles. The van der Waals surface area contributed by atoms with Crippen molar-refractivity contribution < 1.29 is 0 Å². The van der Waals surface area contributed by atoms with Crippen molar-refractivity contribution in [2.24, 2.45) is 0 Å². The monoisotopic (exact) mass is 247 g/mol. The number of para-hydroxylation sites is 1. The highest BCUT2D eigenvalue weighted by molar-refractivity contribution is 9.10. The number of pyridine rings is 1. The van der Waals surface area contributed by atoms with E-state index in [0.717, 1.165) is 15.4 Å². The number of hydrogen-bond donors (Lipinski definition) is 1. The molecule has 3 nitrogen and oxygen atoms in total. The van der Waals surface area contributed by atoms with Crippen LogP contribution in [0.25, 0.3) is 10.9 Å². The summed E-state index contributed by atoms with van der Waals surface area (Å²) in [6.07, 6.45) is 0. The first-order chi connectivity index (χ1) is 6.72. The summed E-state index contributed by atoms with van der Waals surface area (Å²) in [6.45, 7) is 0. The Bertz CT molecular complexity index is 543. The first kappa shape index (κ1) is 8.97. The predicted octanol–water partition coefficient (Wildman–Crippen LogP) is 2.45. The Hall–Kier alpha value is -1.60. The van der Waals surface area contributed by atoms with E-state index in [0.29, 0.717) is 5.56 Å². The lowest BCUT2D eigenvalue weighted by atomic mass is 10.1. The Morgan fingerprint density at radius 2 is 2.21 bits per heavy atom. The third-order valence-corrected chi connectivity index (χ3v) is 2.59. The van der Waals surface area contributed by atoms with E-state index in [-0.39, 0.29) is 5.82 Å².